The first-order chi connectivity index (χ1) is 10.6. The van der Waals surface area contributed by atoms with E-state index in [0.717, 1.165) is 55.5 Å². The minimum Gasteiger partial charge on any atom is -0.496 e. The molecule has 1 saturated carbocycles. The van der Waals surface area contributed by atoms with Crippen LogP contribution in [-0.2, 0) is 11.3 Å². The first-order valence-electron chi connectivity index (χ1n) is 7.92. The fraction of sp³-hybridized carbons (Fsp3) is 0.588. The van der Waals surface area contributed by atoms with Crippen molar-refractivity contribution in [2.24, 2.45) is 11.8 Å². The van der Waals surface area contributed by atoms with E-state index in [1.807, 2.05) is 23.1 Å². The monoisotopic (exact) mass is 322 g/mol. The highest BCUT2D eigenvalue weighted by atomic mass is 35.5. The fourth-order valence-corrected chi connectivity index (χ4v) is 3.33. The molecule has 0 spiro atoms. The van der Waals surface area contributed by atoms with Crippen molar-refractivity contribution in [2.45, 2.75) is 19.9 Å². The predicted octanol–water partition coefficient (Wildman–Crippen LogP) is 2.65. The fourth-order valence-electron chi connectivity index (χ4n) is 3.14. The van der Waals surface area contributed by atoms with Gasteiger partial charge in [-0.3, -0.25) is 9.69 Å². The van der Waals surface area contributed by atoms with Gasteiger partial charge in [0.1, 0.15) is 5.75 Å². The smallest absolute Gasteiger partial charge is 0.226 e. The number of benzene rings is 1. The van der Waals surface area contributed by atoms with Gasteiger partial charge in [0.2, 0.25) is 5.91 Å². The predicted molar refractivity (Wildman–Crippen MR) is 87.1 cm³/mol. The summed E-state index contributed by atoms with van der Waals surface area (Å²) in [6.45, 7) is 6.43. The van der Waals surface area contributed by atoms with Gasteiger partial charge in [0.05, 0.1) is 7.11 Å². The van der Waals surface area contributed by atoms with Crippen molar-refractivity contribution in [2.75, 3.05) is 33.3 Å². The zero-order valence-corrected chi connectivity index (χ0v) is 14.0. The van der Waals surface area contributed by atoms with Crippen LogP contribution in [0, 0.1) is 11.8 Å². The Labute approximate surface area is 137 Å². The highest BCUT2D eigenvalue weighted by molar-refractivity contribution is 6.30. The minimum atomic E-state index is 0.291. The quantitative estimate of drug-likeness (QED) is 0.854. The summed E-state index contributed by atoms with van der Waals surface area (Å²) < 4.78 is 5.40. The van der Waals surface area contributed by atoms with Crippen LogP contribution in [0.5, 0.6) is 5.75 Å². The second-order valence-corrected chi connectivity index (χ2v) is 6.81. The molecule has 5 heteroatoms. The number of hydrogen-bond acceptors (Lipinski definition) is 3. The van der Waals surface area contributed by atoms with E-state index in [1.54, 1.807) is 7.11 Å². The van der Waals surface area contributed by atoms with Gasteiger partial charge in [0, 0.05) is 49.2 Å². The molecule has 2 fully saturated rings. The molecule has 2 aliphatic rings. The zero-order valence-electron chi connectivity index (χ0n) is 13.2. The second kappa shape index (κ2) is 6.47. The Kier molecular flexibility index (Phi) is 4.59. The SMILES string of the molecule is COc1ccc(Cl)cc1CN1CCN(C(=O)C2CC2C)CC1. The molecule has 1 amide bonds. The number of piperazine rings is 1. The number of carbonyl (C=O) groups excluding carboxylic acids is 1. The molecule has 0 aromatic heterocycles. The molecule has 3 rings (SSSR count). The van der Waals surface area contributed by atoms with Crippen molar-refractivity contribution < 1.29 is 9.53 Å². The summed E-state index contributed by atoms with van der Waals surface area (Å²) in [5.41, 5.74) is 1.10. The van der Waals surface area contributed by atoms with E-state index in [1.165, 1.54) is 0 Å². The number of rotatable bonds is 4. The highest BCUT2D eigenvalue weighted by Crippen LogP contribution is 2.39. The summed E-state index contributed by atoms with van der Waals surface area (Å²) in [6, 6.07) is 5.72. The molecule has 2 unspecified atom stereocenters. The molecule has 2 atom stereocenters. The zero-order chi connectivity index (χ0) is 15.7. The number of ether oxygens (including phenoxy) is 1. The molecular weight excluding hydrogens is 300 g/mol. The number of hydrogen-bond donors (Lipinski definition) is 0. The van der Waals surface area contributed by atoms with Crippen LogP contribution in [0.3, 0.4) is 0 Å². The van der Waals surface area contributed by atoms with E-state index in [0.29, 0.717) is 17.7 Å². The lowest BCUT2D eigenvalue weighted by atomic mass is 10.1. The molecule has 0 N–H and O–H groups in total. The number of amides is 1. The largest absolute Gasteiger partial charge is 0.496 e. The Bertz CT molecular complexity index is 556. The summed E-state index contributed by atoms with van der Waals surface area (Å²) in [4.78, 5) is 16.6. The van der Waals surface area contributed by atoms with Crippen LogP contribution in [0.4, 0.5) is 0 Å². The summed E-state index contributed by atoms with van der Waals surface area (Å²) in [5, 5.41) is 0.729. The molecule has 1 aliphatic heterocycles. The summed E-state index contributed by atoms with van der Waals surface area (Å²) in [5.74, 6) is 2.10. The lowest BCUT2D eigenvalue weighted by Gasteiger charge is -2.35. The average Bonchev–Trinajstić information content (AvgIpc) is 3.24. The normalized spacial score (nSPS) is 25.1. The third-order valence-electron chi connectivity index (χ3n) is 4.75. The van der Waals surface area contributed by atoms with Crippen LogP contribution in [0.25, 0.3) is 0 Å². The van der Waals surface area contributed by atoms with Gasteiger partial charge in [-0.2, -0.15) is 0 Å². The van der Waals surface area contributed by atoms with E-state index in [-0.39, 0.29) is 0 Å². The Morgan fingerprint density at radius 2 is 2.00 bits per heavy atom. The third kappa shape index (κ3) is 3.39. The molecule has 0 radical (unpaired) electrons. The molecule has 1 aromatic rings. The molecular formula is C17H23ClN2O2. The van der Waals surface area contributed by atoms with Gasteiger partial charge < -0.3 is 9.64 Å². The maximum atomic E-state index is 12.3. The molecule has 1 saturated heterocycles. The van der Waals surface area contributed by atoms with Crippen LogP contribution in [0.15, 0.2) is 18.2 Å². The lowest BCUT2D eigenvalue weighted by Crippen LogP contribution is -2.48. The van der Waals surface area contributed by atoms with E-state index < -0.39 is 0 Å². The Morgan fingerprint density at radius 3 is 2.59 bits per heavy atom. The van der Waals surface area contributed by atoms with Gasteiger partial charge in [-0.25, -0.2) is 0 Å². The first kappa shape index (κ1) is 15.6. The number of halogens is 1. The average molecular weight is 323 g/mol. The molecule has 1 heterocycles. The maximum Gasteiger partial charge on any atom is 0.226 e. The number of nitrogens with zero attached hydrogens (tertiary/aromatic N) is 2. The molecule has 1 aromatic carbocycles. The van der Waals surface area contributed by atoms with Crippen molar-refractivity contribution in [1.29, 1.82) is 0 Å². The topological polar surface area (TPSA) is 32.8 Å². The van der Waals surface area contributed by atoms with E-state index in [2.05, 4.69) is 11.8 Å². The maximum absolute atomic E-state index is 12.3. The molecule has 0 bridgehead atoms. The molecule has 1 aliphatic carbocycles. The molecule has 4 nitrogen and oxygen atoms in total. The Hall–Kier alpha value is -1.26. The van der Waals surface area contributed by atoms with Crippen LogP contribution >= 0.6 is 11.6 Å². The highest BCUT2D eigenvalue weighted by Gasteiger charge is 2.41. The third-order valence-corrected chi connectivity index (χ3v) is 4.98. The van der Waals surface area contributed by atoms with Crippen LogP contribution < -0.4 is 4.74 Å². The van der Waals surface area contributed by atoms with Crippen LogP contribution in [0.2, 0.25) is 5.02 Å². The van der Waals surface area contributed by atoms with Crippen molar-refractivity contribution >= 4 is 17.5 Å². The van der Waals surface area contributed by atoms with Gasteiger partial charge in [0.15, 0.2) is 0 Å². The minimum absolute atomic E-state index is 0.291. The molecule has 22 heavy (non-hydrogen) atoms. The van der Waals surface area contributed by atoms with Crippen molar-refractivity contribution in [3.8, 4) is 5.75 Å². The standard InChI is InChI=1S/C17H23ClN2O2/c1-12-9-15(12)17(21)20-7-5-19(6-8-20)11-13-10-14(18)3-4-16(13)22-2/h3-4,10,12,15H,5-9,11H2,1-2H3. The Balaban J connectivity index is 1.56. The summed E-state index contributed by atoms with van der Waals surface area (Å²) in [7, 11) is 1.68. The second-order valence-electron chi connectivity index (χ2n) is 6.38. The van der Waals surface area contributed by atoms with Crippen molar-refractivity contribution in [3.63, 3.8) is 0 Å². The van der Waals surface area contributed by atoms with Gasteiger partial charge in [-0.05, 0) is 30.5 Å². The Morgan fingerprint density at radius 1 is 1.32 bits per heavy atom. The van der Waals surface area contributed by atoms with E-state index in [4.69, 9.17) is 16.3 Å². The van der Waals surface area contributed by atoms with E-state index >= 15 is 0 Å². The molecule has 120 valence electrons. The van der Waals surface area contributed by atoms with Crippen LogP contribution in [0.1, 0.15) is 18.9 Å². The van der Waals surface area contributed by atoms with Crippen molar-refractivity contribution in [3.05, 3.63) is 28.8 Å². The summed E-state index contributed by atoms with van der Waals surface area (Å²) >= 11 is 6.08. The van der Waals surface area contributed by atoms with Gasteiger partial charge in [-0.15, -0.1) is 0 Å². The van der Waals surface area contributed by atoms with Gasteiger partial charge >= 0.3 is 0 Å². The van der Waals surface area contributed by atoms with Gasteiger partial charge in [-0.1, -0.05) is 18.5 Å². The van der Waals surface area contributed by atoms with Crippen molar-refractivity contribution in [1.82, 2.24) is 9.80 Å². The van der Waals surface area contributed by atoms with Gasteiger partial charge in [0.25, 0.3) is 0 Å². The number of carbonyl (C=O) groups is 1. The number of methoxy groups -OCH3 is 1. The first-order valence-corrected chi connectivity index (χ1v) is 8.30. The van der Waals surface area contributed by atoms with Crippen LogP contribution in [-0.4, -0.2) is 49.0 Å². The summed E-state index contributed by atoms with van der Waals surface area (Å²) in [6.07, 6.45) is 1.07. The lowest BCUT2D eigenvalue weighted by molar-refractivity contribution is -0.134. The van der Waals surface area contributed by atoms with E-state index in [9.17, 15) is 4.79 Å².